The molecule has 0 unspecified atom stereocenters. The first-order valence-corrected chi connectivity index (χ1v) is 3.72. The Morgan fingerprint density at radius 2 is 2.21 bits per heavy atom. The summed E-state index contributed by atoms with van der Waals surface area (Å²) in [4.78, 5) is 21.1. The van der Waals surface area contributed by atoms with Crippen LogP contribution in [0, 0.1) is 0 Å². The first-order valence-electron chi connectivity index (χ1n) is 3.72. The highest BCUT2D eigenvalue weighted by molar-refractivity contribution is 5.81. The van der Waals surface area contributed by atoms with Crippen molar-refractivity contribution in [1.82, 2.24) is 0 Å². The van der Waals surface area contributed by atoms with Crippen LogP contribution in [0.1, 0.15) is 10.4 Å². The number of carbonyl (C=O) groups is 2. The molecule has 0 aromatic heterocycles. The number of hydrogen-bond donors (Lipinski definition) is 1. The number of para-hydroxylation sites is 1. The minimum absolute atomic E-state index is 0.0476. The second-order valence-corrected chi connectivity index (χ2v) is 2.37. The minimum atomic E-state index is -0.955. The van der Waals surface area contributed by atoms with Gasteiger partial charge in [0.1, 0.15) is 0 Å². The predicted octanol–water partition coefficient (Wildman–Crippen LogP) is 1.35. The van der Waals surface area contributed by atoms with Crippen molar-refractivity contribution in [2.45, 2.75) is 0 Å². The van der Waals surface area contributed by atoms with Gasteiger partial charge in [-0.25, -0.2) is 4.79 Å². The van der Waals surface area contributed by atoms with E-state index in [9.17, 15) is 14.7 Å². The van der Waals surface area contributed by atoms with E-state index in [2.05, 4.69) is 9.47 Å². The maximum absolute atomic E-state index is 10.7. The molecule has 14 heavy (non-hydrogen) atoms. The molecule has 1 N–H and O–H groups in total. The zero-order valence-electron chi connectivity index (χ0n) is 7.39. The minimum Gasteiger partial charge on any atom is -0.504 e. The number of methoxy groups -OCH3 is 1. The van der Waals surface area contributed by atoms with Crippen molar-refractivity contribution in [3.05, 3.63) is 23.8 Å². The lowest BCUT2D eigenvalue weighted by molar-refractivity contribution is 0.111. The monoisotopic (exact) mass is 196 g/mol. The number of phenolic OH excluding ortho intramolecular Hbond substituents is 1. The summed E-state index contributed by atoms with van der Waals surface area (Å²) >= 11 is 0. The van der Waals surface area contributed by atoms with Crippen LogP contribution in [-0.2, 0) is 4.74 Å². The summed E-state index contributed by atoms with van der Waals surface area (Å²) in [6.07, 6.45) is -0.497. The molecule has 0 spiro atoms. The quantitative estimate of drug-likeness (QED) is 0.439. The van der Waals surface area contributed by atoms with Crippen LogP contribution >= 0.6 is 0 Å². The van der Waals surface area contributed by atoms with Crippen molar-refractivity contribution in [1.29, 1.82) is 0 Å². The predicted molar refractivity (Wildman–Crippen MR) is 46.5 cm³/mol. The summed E-state index contributed by atoms with van der Waals surface area (Å²) in [5.74, 6) is -0.491. The molecule has 1 rings (SSSR count). The highest BCUT2D eigenvalue weighted by Gasteiger charge is 2.11. The number of aldehydes is 1. The number of aromatic hydroxyl groups is 1. The second-order valence-electron chi connectivity index (χ2n) is 2.37. The van der Waals surface area contributed by atoms with E-state index in [0.717, 1.165) is 7.11 Å². The fourth-order valence-corrected chi connectivity index (χ4v) is 0.848. The van der Waals surface area contributed by atoms with Crippen molar-refractivity contribution in [2.24, 2.45) is 0 Å². The van der Waals surface area contributed by atoms with Crippen LogP contribution in [0.15, 0.2) is 18.2 Å². The molecule has 1 aromatic carbocycles. The number of rotatable bonds is 2. The Balaban J connectivity index is 2.97. The Kier molecular flexibility index (Phi) is 3.06. The molecule has 0 amide bonds. The Labute approximate surface area is 79.9 Å². The number of benzene rings is 1. The average Bonchev–Trinajstić information content (AvgIpc) is 2.21. The molecular weight excluding hydrogens is 188 g/mol. The van der Waals surface area contributed by atoms with Crippen LogP contribution in [0.2, 0.25) is 0 Å². The van der Waals surface area contributed by atoms with E-state index in [0.29, 0.717) is 6.29 Å². The van der Waals surface area contributed by atoms with Crippen molar-refractivity contribution < 1.29 is 24.2 Å². The molecule has 74 valence electrons. The Morgan fingerprint density at radius 3 is 2.79 bits per heavy atom. The van der Waals surface area contributed by atoms with Gasteiger partial charge in [-0.05, 0) is 12.1 Å². The van der Waals surface area contributed by atoms with Crippen LogP contribution in [0.25, 0.3) is 0 Å². The van der Waals surface area contributed by atoms with Crippen LogP contribution in [0.5, 0.6) is 11.5 Å². The average molecular weight is 196 g/mol. The van der Waals surface area contributed by atoms with Crippen molar-refractivity contribution in [3.63, 3.8) is 0 Å². The van der Waals surface area contributed by atoms with Crippen molar-refractivity contribution in [2.75, 3.05) is 7.11 Å². The maximum atomic E-state index is 10.7. The van der Waals surface area contributed by atoms with Crippen LogP contribution in [-0.4, -0.2) is 24.7 Å². The van der Waals surface area contributed by atoms with Gasteiger partial charge in [-0.3, -0.25) is 4.79 Å². The molecule has 0 fully saturated rings. The lowest BCUT2D eigenvalue weighted by Crippen LogP contribution is -2.07. The molecule has 0 aliphatic carbocycles. The van der Waals surface area contributed by atoms with Gasteiger partial charge < -0.3 is 14.6 Å². The van der Waals surface area contributed by atoms with Gasteiger partial charge in [0.15, 0.2) is 17.8 Å². The third-order valence-electron chi connectivity index (χ3n) is 1.52. The highest BCUT2D eigenvalue weighted by Crippen LogP contribution is 2.28. The van der Waals surface area contributed by atoms with E-state index in [1.807, 2.05) is 0 Å². The third-order valence-corrected chi connectivity index (χ3v) is 1.52. The van der Waals surface area contributed by atoms with Crippen LogP contribution in [0.4, 0.5) is 4.79 Å². The Bertz CT molecular complexity index is 358. The molecule has 5 nitrogen and oxygen atoms in total. The molecule has 5 heteroatoms. The van der Waals surface area contributed by atoms with Gasteiger partial charge in [-0.15, -0.1) is 0 Å². The van der Waals surface area contributed by atoms with Gasteiger partial charge in [0.2, 0.25) is 0 Å². The molecule has 0 saturated heterocycles. The van der Waals surface area contributed by atoms with Crippen molar-refractivity contribution >= 4 is 12.4 Å². The topological polar surface area (TPSA) is 72.8 Å². The Morgan fingerprint density at radius 1 is 1.50 bits per heavy atom. The number of hydrogen-bond acceptors (Lipinski definition) is 5. The fraction of sp³-hybridized carbons (Fsp3) is 0.111. The van der Waals surface area contributed by atoms with Gasteiger partial charge in [0.25, 0.3) is 0 Å². The fourth-order valence-electron chi connectivity index (χ4n) is 0.848. The smallest absolute Gasteiger partial charge is 0.504 e. The summed E-state index contributed by atoms with van der Waals surface area (Å²) < 4.78 is 8.79. The molecule has 0 heterocycles. The molecule has 0 radical (unpaired) electrons. The van der Waals surface area contributed by atoms with Gasteiger partial charge in [-0.2, -0.15) is 0 Å². The van der Waals surface area contributed by atoms with Crippen LogP contribution < -0.4 is 4.74 Å². The van der Waals surface area contributed by atoms with Gasteiger partial charge in [0, 0.05) is 0 Å². The molecule has 0 aliphatic heterocycles. The summed E-state index contributed by atoms with van der Waals surface area (Å²) in [5, 5.41) is 9.37. The highest BCUT2D eigenvalue weighted by atomic mass is 16.7. The first-order chi connectivity index (χ1) is 6.69. The third kappa shape index (κ3) is 2.01. The summed E-state index contributed by atoms with van der Waals surface area (Å²) in [5.41, 5.74) is 0.0476. The Hall–Kier alpha value is -2.04. The van der Waals surface area contributed by atoms with E-state index >= 15 is 0 Å². The second kappa shape index (κ2) is 4.27. The van der Waals surface area contributed by atoms with Crippen LogP contribution in [0.3, 0.4) is 0 Å². The maximum Gasteiger partial charge on any atom is 0.513 e. The lowest BCUT2D eigenvalue weighted by atomic mass is 10.2. The largest absolute Gasteiger partial charge is 0.513 e. The zero-order valence-corrected chi connectivity index (χ0v) is 7.39. The first kappa shape index (κ1) is 10.0. The van der Waals surface area contributed by atoms with E-state index in [1.165, 1.54) is 18.2 Å². The summed E-state index contributed by atoms with van der Waals surface area (Å²) in [6.45, 7) is 0. The van der Waals surface area contributed by atoms with E-state index in [-0.39, 0.29) is 17.1 Å². The number of phenols is 1. The summed E-state index contributed by atoms with van der Waals surface area (Å²) in [6, 6.07) is 4.22. The molecule has 0 atom stereocenters. The van der Waals surface area contributed by atoms with Crippen molar-refractivity contribution in [3.8, 4) is 11.5 Å². The van der Waals surface area contributed by atoms with E-state index in [1.54, 1.807) is 0 Å². The van der Waals surface area contributed by atoms with E-state index in [4.69, 9.17) is 0 Å². The summed E-state index contributed by atoms with van der Waals surface area (Å²) in [7, 11) is 1.14. The molecular formula is C9H8O5. The van der Waals surface area contributed by atoms with Gasteiger partial charge in [-0.1, -0.05) is 6.07 Å². The normalized spacial score (nSPS) is 9.21. The molecule has 0 bridgehead atoms. The van der Waals surface area contributed by atoms with E-state index < -0.39 is 6.16 Å². The lowest BCUT2D eigenvalue weighted by Gasteiger charge is -2.05. The van der Waals surface area contributed by atoms with Gasteiger partial charge in [0.05, 0.1) is 12.7 Å². The zero-order chi connectivity index (χ0) is 10.6. The molecule has 1 aromatic rings. The number of ether oxygens (including phenoxy) is 2. The number of carbonyl (C=O) groups excluding carboxylic acids is 2. The SMILES string of the molecule is COC(=O)Oc1cccc(C=O)c1O. The standard InChI is InChI=1S/C9H8O5/c1-13-9(12)14-7-4-2-3-6(5-10)8(7)11/h2-5,11H,1H3. The molecule has 0 aliphatic rings. The van der Waals surface area contributed by atoms with Gasteiger partial charge >= 0.3 is 6.16 Å². The molecule has 0 saturated carbocycles.